The van der Waals surface area contributed by atoms with Gasteiger partial charge >= 0.3 is 0 Å². The topological polar surface area (TPSA) is 107 Å². The zero-order valence-corrected chi connectivity index (χ0v) is 22.3. The third-order valence-electron chi connectivity index (χ3n) is 6.91. The highest BCUT2D eigenvalue weighted by molar-refractivity contribution is 7.89. The SMILES string of the molecule is CC1C(=O)N(Cc2cn(CCC3OCCCO3)nn2)CCS(=O)(=O)N1Cc1ccc(-c2ccccc2)cc1. The van der Waals surface area contributed by atoms with Gasteiger partial charge in [0.1, 0.15) is 11.7 Å². The van der Waals surface area contributed by atoms with E-state index in [2.05, 4.69) is 10.3 Å². The second kappa shape index (κ2) is 11.7. The van der Waals surface area contributed by atoms with Crippen LogP contribution in [-0.2, 0) is 43.9 Å². The van der Waals surface area contributed by atoms with Gasteiger partial charge in [-0.1, -0.05) is 59.8 Å². The van der Waals surface area contributed by atoms with Crippen LogP contribution in [0.1, 0.15) is 31.0 Å². The smallest absolute Gasteiger partial charge is 0.241 e. The van der Waals surface area contributed by atoms with E-state index in [0.717, 1.165) is 23.1 Å². The van der Waals surface area contributed by atoms with Gasteiger partial charge in [0.15, 0.2) is 6.29 Å². The molecule has 1 aromatic heterocycles. The molecule has 2 fully saturated rings. The third kappa shape index (κ3) is 6.29. The molecule has 2 aliphatic rings. The quantitative estimate of drug-likeness (QED) is 0.433. The summed E-state index contributed by atoms with van der Waals surface area (Å²) in [7, 11) is -3.64. The summed E-state index contributed by atoms with van der Waals surface area (Å²) in [4.78, 5) is 14.9. The number of rotatable bonds is 8. The molecular formula is C27H33N5O5S. The number of sulfonamides is 1. The Kier molecular flexibility index (Phi) is 8.18. The van der Waals surface area contributed by atoms with Crippen molar-refractivity contribution in [2.45, 2.75) is 51.7 Å². The molecule has 0 saturated carbocycles. The standard InChI is InChI=1S/C27H33N5O5S/c1-21-27(33)30(19-25-20-31(29-28-25)13-12-26-36-15-5-16-37-26)14-17-38(34,35)32(21)18-22-8-10-24(11-9-22)23-6-3-2-4-7-23/h2-4,6-11,20-21,26H,5,12-19H2,1H3. The molecule has 1 amide bonds. The summed E-state index contributed by atoms with van der Waals surface area (Å²) in [6.45, 7) is 4.06. The zero-order valence-electron chi connectivity index (χ0n) is 21.5. The summed E-state index contributed by atoms with van der Waals surface area (Å²) in [5.41, 5.74) is 3.58. The van der Waals surface area contributed by atoms with Gasteiger partial charge in [0.05, 0.1) is 31.7 Å². The Labute approximate surface area is 223 Å². The van der Waals surface area contributed by atoms with Crippen LogP contribution in [0.4, 0.5) is 0 Å². The van der Waals surface area contributed by atoms with Crippen molar-refractivity contribution in [1.82, 2.24) is 24.2 Å². The third-order valence-corrected chi connectivity index (χ3v) is 8.76. The van der Waals surface area contributed by atoms with Gasteiger partial charge in [-0.2, -0.15) is 4.31 Å². The number of nitrogens with zero attached hydrogens (tertiary/aromatic N) is 5. The van der Waals surface area contributed by atoms with Gasteiger partial charge in [-0.05, 0) is 30.0 Å². The molecule has 0 bridgehead atoms. The van der Waals surface area contributed by atoms with E-state index in [9.17, 15) is 13.2 Å². The van der Waals surface area contributed by atoms with Crippen molar-refractivity contribution < 1.29 is 22.7 Å². The highest BCUT2D eigenvalue weighted by Crippen LogP contribution is 2.23. The van der Waals surface area contributed by atoms with Crippen LogP contribution in [0.3, 0.4) is 0 Å². The van der Waals surface area contributed by atoms with Crippen molar-refractivity contribution >= 4 is 15.9 Å². The fourth-order valence-corrected chi connectivity index (χ4v) is 6.35. The summed E-state index contributed by atoms with van der Waals surface area (Å²) in [5.74, 6) is -0.388. The van der Waals surface area contributed by atoms with Crippen LogP contribution in [0.2, 0.25) is 0 Å². The number of ether oxygens (including phenoxy) is 2. The number of hydrogen-bond acceptors (Lipinski definition) is 7. The van der Waals surface area contributed by atoms with Crippen molar-refractivity contribution in [2.24, 2.45) is 0 Å². The van der Waals surface area contributed by atoms with Crippen LogP contribution in [0, 0.1) is 0 Å². The monoisotopic (exact) mass is 539 g/mol. The van der Waals surface area contributed by atoms with Gasteiger partial charge in [-0.3, -0.25) is 9.48 Å². The second-order valence-corrected chi connectivity index (χ2v) is 11.7. The lowest BCUT2D eigenvalue weighted by Gasteiger charge is -2.26. The first-order valence-corrected chi connectivity index (χ1v) is 14.5. The molecule has 0 radical (unpaired) electrons. The molecule has 5 rings (SSSR count). The summed E-state index contributed by atoms with van der Waals surface area (Å²) < 4.78 is 40.5. The lowest BCUT2D eigenvalue weighted by atomic mass is 10.0. The van der Waals surface area contributed by atoms with Crippen LogP contribution in [-0.4, -0.2) is 76.4 Å². The van der Waals surface area contributed by atoms with Gasteiger partial charge < -0.3 is 14.4 Å². The van der Waals surface area contributed by atoms with Crippen LogP contribution >= 0.6 is 0 Å². The fourth-order valence-electron chi connectivity index (χ4n) is 4.74. The molecule has 1 atom stereocenters. The molecule has 3 heterocycles. The van der Waals surface area contributed by atoms with E-state index in [1.54, 1.807) is 22.7 Å². The molecule has 11 heteroatoms. The van der Waals surface area contributed by atoms with E-state index in [1.807, 2.05) is 54.6 Å². The van der Waals surface area contributed by atoms with E-state index in [-0.39, 0.29) is 37.6 Å². The fraction of sp³-hybridized carbons (Fsp3) is 0.444. The Morgan fingerprint density at radius 1 is 0.974 bits per heavy atom. The maximum Gasteiger partial charge on any atom is 0.241 e. The number of aryl methyl sites for hydroxylation is 1. The summed E-state index contributed by atoms with van der Waals surface area (Å²) in [6, 6.07) is 16.9. The van der Waals surface area contributed by atoms with Crippen LogP contribution in [0.25, 0.3) is 11.1 Å². The average Bonchev–Trinajstić information content (AvgIpc) is 3.38. The largest absolute Gasteiger partial charge is 0.353 e. The highest BCUT2D eigenvalue weighted by atomic mass is 32.2. The molecule has 0 N–H and O–H groups in total. The van der Waals surface area contributed by atoms with Crippen LogP contribution < -0.4 is 0 Å². The van der Waals surface area contributed by atoms with E-state index in [4.69, 9.17) is 9.47 Å². The molecule has 2 saturated heterocycles. The number of carbonyl (C=O) groups is 1. The van der Waals surface area contributed by atoms with E-state index < -0.39 is 16.1 Å². The Morgan fingerprint density at radius 3 is 2.42 bits per heavy atom. The van der Waals surface area contributed by atoms with E-state index >= 15 is 0 Å². The lowest BCUT2D eigenvalue weighted by molar-refractivity contribution is -0.182. The lowest BCUT2D eigenvalue weighted by Crippen LogP contribution is -2.45. The number of hydrogen-bond donors (Lipinski definition) is 0. The first-order valence-electron chi connectivity index (χ1n) is 12.9. The van der Waals surface area contributed by atoms with Gasteiger partial charge in [0, 0.05) is 26.1 Å². The van der Waals surface area contributed by atoms with Gasteiger partial charge in [-0.15, -0.1) is 5.10 Å². The number of benzene rings is 2. The highest BCUT2D eigenvalue weighted by Gasteiger charge is 2.38. The molecule has 10 nitrogen and oxygen atoms in total. The second-order valence-electron chi connectivity index (χ2n) is 9.65. The molecule has 1 unspecified atom stereocenters. The molecule has 2 aliphatic heterocycles. The molecule has 0 spiro atoms. The minimum Gasteiger partial charge on any atom is -0.353 e. The summed E-state index contributed by atoms with van der Waals surface area (Å²) in [6.07, 6.45) is 3.10. The van der Waals surface area contributed by atoms with E-state index in [1.165, 1.54) is 4.31 Å². The van der Waals surface area contributed by atoms with Gasteiger partial charge in [-0.25, -0.2) is 8.42 Å². The van der Waals surface area contributed by atoms with Gasteiger partial charge in [0.25, 0.3) is 0 Å². The van der Waals surface area contributed by atoms with Crippen molar-refractivity contribution in [3.05, 3.63) is 72.1 Å². The normalized spacial score (nSPS) is 20.9. The number of carbonyl (C=O) groups excluding carboxylic acids is 1. The first kappa shape index (κ1) is 26.5. The Hall–Kier alpha value is -3.12. The molecule has 202 valence electrons. The Morgan fingerprint density at radius 2 is 1.68 bits per heavy atom. The molecule has 2 aromatic carbocycles. The van der Waals surface area contributed by atoms with Crippen molar-refractivity contribution in [3.8, 4) is 11.1 Å². The predicted octanol–water partition coefficient (Wildman–Crippen LogP) is 2.66. The van der Waals surface area contributed by atoms with E-state index in [0.29, 0.717) is 31.9 Å². The predicted molar refractivity (Wildman–Crippen MR) is 141 cm³/mol. The maximum absolute atomic E-state index is 13.3. The number of amides is 1. The first-order chi connectivity index (χ1) is 18.4. The molecule has 0 aliphatic carbocycles. The average molecular weight is 540 g/mol. The van der Waals surface area contributed by atoms with Gasteiger partial charge in [0.2, 0.25) is 15.9 Å². The molecular weight excluding hydrogens is 506 g/mol. The van der Waals surface area contributed by atoms with Crippen molar-refractivity contribution in [2.75, 3.05) is 25.5 Å². The minimum atomic E-state index is -3.64. The Balaban J connectivity index is 1.22. The summed E-state index contributed by atoms with van der Waals surface area (Å²) >= 11 is 0. The van der Waals surface area contributed by atoms with Crippen LogP contribution in [0.15, 0.2) is 60.8 Å². The number of aromatic nitrogens is 3. The maximum atomic E-state index is 13.3. The minimum absolute atomic E-state index is 0.103. The van der Waals surface area contributed by atoms with Crippen molar-refractivity contribution in [1.29, 1.82) is 0 Å². The van der Waals surface area contributed by atoms with Crippen molar-refractivity contribution in [3.63, 3.8) is 0 Å². The molecule has 38 heavy (non-hydrogen) atoms. The Bertz CT molecular complexity index is 1320. The molecule has 3 aromatic rings. The zero-order chi connectivity index (χ0) is 26.5. The summed E-state index contributed by atoms with van der Waals surface area (Å²) in [5, 5.41) is 8.35. The van der Waals surface area contributed by atoms with Crippen LogP contribution in [0.5, 0.6) is 0 Å².